The number of carbonyl (C=O) groups excluding carboxylic acids is 1. The predicted molar refractivity (Wildman–Crippen MR) is 108 cm³/mol. The number of likely N-dealkylation sites (tertiary alicyclic amines) is 1. The molecule has 1 aromatic carbocycles. The standard InChI is InChI=1S/C21H35N3O2/c1-6-16-12-17(7-2)19(18(8-3)13-16)22-20(25)24-11-9-10-21(26,15-24)14-23(4)5/h12-13,26H,6-11,14-15H2,1-5H3,(H,22,25)/t21-/m1/s1. The van der Waals surface area contributed by atoms with Gasteiger partial charge in [0.05, 0.1) is 12.1 Å². The summed E-state index contributed by atoms with van der Waals surface area (Å²) in [6.07, 6.45) is 4.34. The van der Waals surface area contributed by atoms with Gasteiger partial charge in [0.1, 0.15) is 0 Å². The first-order valence-electron chi connectivity index (χ1n) is 9.89. The van der Waals surface area contributed by atoms with Gasteiger partial charge in [-0.1, -0.05) is 32.9 Å². The highest BCUT2D eigenvalue weighted by Crippen LogP contribution is 2.27. The molecular weight excluding hydrogens is 326 g/mol. The fraction of sp³-hybridized carbons (Fsp3) is 0.667. The van der Waals surface area contributed by atoms with Gasteiger partial charge in [-0.2, -0.15) is 0 Å². The SMILES string of the molecule is CCc1cc(CC)c(NC(=O)N2CCC[C@@](O)(CN(C)C)C2)c(CC)c1. The van der Waals surface area contributed by atoms with Gasteiger partial charge in [0.25, 0.3) is 0 Å². The van der Waals surface area contributed by atoms with E-state index in [1.54, 1.807) is 4.90 Å². The molecule has 0 saturated carbocycles. The normalized spacial score (nSPS) is 20.5. The summed E-state index contributed by atoms with van der Waals surface area (Å²) < 4.78 is 0. The van der Waals surface area contributed by atoms with Crippen LogP contribution >= 0.6 is 0 Å². The van der Waals surface area contributed by atoms with Crippen LogP contribution in [-0.2, 0) is 19.3 Å². The van der Waals surface area contributed by atoms with Crippen LogP contribution in [0, 0.1) is 0 Å². The number of nitrogens with one attached hydrogen (secondary N) is 1. The Balaban J connectivity index is 2.19. The Bertz CT molecular complexity index is 605. The molecule has 2 rings (SSSR count). The van der Waals surface area contributed by atoms with Crippen molar-refractivity contribution in [2.75, 3.05) is 39.0 Å². The van der Waals surface area contributed by atoms with Crippen molar-refractivity contribution in [3.05, 3.63) is 28.8 Å². The van der Waals surface area contributed by atoms with Gasteiger partial charge in [0, 0.05) is 18.8 Å². The van der Waals surface area contributed by atoms with E-state index in [0.717, 1.165) is 37.8 Å². The average molecular weight is 362 g/mol. The largest absolute Gasteiger partial charge is 0.387 e. The summed E-state index contributed by atoms with van der Waals surface area (Å²) in [5.41, 5.74) is 3.82. The number of benzene rings is 1. The summed E-state index contributed by atoms with van der Waals surface area (Å²) >= 11 is 0. The first-order valence-corrected chi connectivity index (χ1v) is 9.89. The fourth-order valence-corrected chi connectivity index (χ4v) is 3.95. The van der Waals surface area contributed by atoms with Crippen LogP contribution in [0.5, 0.6) is 0 Å². The van der Waals surface area contributed by atoms with Crippen molar-refractivity contribution in [1.29, 1.82) is 0 Å². The lowest BCUT2D eigenvalue weighted by Gasteiger charge is -2.40. The third-order valence-electron chi connectivity index (χ3n) is 5.22. The van der Waals surface area contributed by atoms with Gasteiger partial charge in [-0.05, 0) is 62.9 Å². The number of aryl methyl sites for hydroxylation is 3. The lowest BCUT2D eigenvalue weighted by molar-refractivity contribution is -0.0333. The molecule has 5 heteroatoms. The molecule has 26 heavy (non-hydrogen) atoms. The fourth-order valence-electron chi connectivity index (χ4n) is 3.95. The summed E-state index contributed by atoms with van der Waals surface area (Å²) in [6, 6.07) is 4.30. The van der Waals surface area contributed by atoms with Gasteiger partial charge >= 0.3 is 6.03 Å². The number of amides is 2. The molecule has 0 bridgehead atoms. The lowest BCUT2D eigenvalue weighted by Crippen LogP contribution is -2.55. The molecule has 0 aromatic heterocycles. The second-order valence-corrected chi connectivity index (χ2v) is 7.77. The van der Waals surface area contributed by atoms with Crippen molar-refractivity contribution < 1.29 is 9.90 Å². The molecule has 2 N–H and O–H groups in total. The Morgan fingerprint density at radius 1 is 1.19 bits per heavy atom. The first-order chi connectivity index (χ1) is 12.3. The number of likely N-dealkylation sites (N-methyl/N-ethyl adjacent to an activating group) is 1. The highest BCUT2D eigenvalue weighted by Gasteiger charge is 2.35. The molecule has 1 saturated heterocycles. The van der Waals surface area contributed by atoms with Crippen LogP contribution < -0.4 is 5.32 Å². The third-order valence-corrected chi connectivity index (χ3v) is 5.22. The average Bonchev–Trinajstić information content (AvgIpc) is 2.60. The maximum absolute atomic E-state index is 12.9. The molecule has 0 radical (unpaired) electrons. The molecule has 1 fully saturated rings. The number of nitrogens with zero attached hydrogens (tertiary/aromatic N) is 2. The monoisotopic (exact) mass is 361 g/mol. The van der Waals surface area contributed by atoms with Crippen LogP contribution in [-0.4, -0.2) is 60.3 Å². The number of β-amino-alcohol motifs (C(OH)–C–C–N with tert-alkyl or cyclic N) is 1. The Morgan fingerprint density at radius 3 is 2.31 bits per heavy atom. The second-order valence-electron chi connectivity index (χ2n) is 7.77. The van der Waals surface area contributed by atoms with Crippen LogP contribution in [0.3, 0.4) is 0 Å². The van der Waals surface area contributed by atoms with E-state index >= 15 is 0 Å². The number of rotatable bonds is 6. The number of aliphatic hydroxyl groups is 1. The summed E-state index contributed by atoms with van der Waals surface area (Å²) in [4.78, 5) is 16.7. The van der Waals surface area contributed by atoms with Crippen LogP contribution in [0.25, 0.3) is 0 Å². The lowest BCUT2D eigenvalue weighted by atomic mass is 9.92. The van der Waals surface area contributed by atoms with Crippen molar-refractivity contribution in [2.24, 2.45) is 0 Å². The van der Waals surface area contributed by atoms with Gasteiger partial charge < -0.3 is 20.2 Å². The highest BCUT2D eigenvalue weighted by atomic mass is 16.3. The van der Waals surface area contributed by atoms with Crippen molar-refractivity contribution in [3.8, 4) is 0 Å². The van der Waals surface area contributed by atoms with Crippen LogP contribution in [0.2, 0.25) is 0 Å². The Hall–Kier alpha value is -1.59. The quantitative estimate of drug-likeness (QED) is 0.817. The predicted octanol–water partition coefficient (Wildman–Crippen LogP) is 3.29. The molecule has 0 unspecified atom stereocenters. The highest BCUT2D eigenvalue weighted by molar-refractivity contribution is 5.91. The van der Waals surface area contributed by atoms with Crippen LogP contribution in [0.1, 0.15) is 50.3 Å². The minimum absolute atomic E-state index is 0.101. The van der Waals surface area contributed by atoms with Gasteiger partial charge in [-0.25, -0.2) is 4.79 Å². The summed E-state index contributed by atoms with van der Waals surface area (Å²) in [6.45, 7) is 8.06. The molecule has 0 spiro atoms. The molecule has 1 aromatic rings. The van der Waals surface area contributed by atoms with Crippen molar-refractivity contribution in [2.45, 2.75) is 58.5 Å². The van der Waals surface area contributed by atoms with E-state index in [1.807, 2.05) is 19.0 Å². The maximum atomic E-state index is 12.9. The maximum Gasteiger partial charge on any atom is 0.321 e. The van der Waals surface area contributed by atoms with Crippen molar-refractivity contribution in [3.63, 3.8) is 0 Å². The Morgan fingerprint density at radius 2 is 1.81 bits per heavy atom. The minimum atomic E-state index is -0.827. The third kappa shape index (κ3) is 4.98. The molecule has 5 nitrogen and oxygen atoms in total. The van der Waals surface area contributed by atoms with E-state index in [2.05, 4.69) is 38.2 Å². The minimum Gasteiger partial charge on any atom is -0.387 e. The number of urea groups is 1. The van der Waals surface area contributed by atoms with Crippen LogP contribution in [0.4, 0.5) is 10.5 Å². The Kier molecular flexibility index (Phi) is 7.07. The van der Waals surface area contributed by atoms with E-state index in [1.165, 1.54) is 16.7 Å². The summed E-state index contributed by atoms with van der Waals surface area (Å²) in [7, 11) is 3.90. The molecule has 1 atom stereocenters. The number of hydrogen-bond acceptors (Lipinski definition) is 3. The van der Waals surface area contributed by atoms with Gasteiger partial charge in [0.2, 0.25) is 0 Å². The molecule has 1 heterocycles. The smallest absolute Gasteiger partial charge is 0.321 e. The molecule has 1 aliphatic rings. The van der Waals surface area contributed by atoms with Crippen molar-refractivity contribution >= 4 is 11.7 Å². The zero-order valence-electron chi connectivity index (χ0n) is 17.1. The number of piperidine rings is 1. The zero-order valence-corrected chi connectivity index (χ0v) is 17.1. The van der Waals surface area contributed by atoms with E-state index in [-0.39, 0.29) is 6.03 Å². The first kappa shape index (κ1) is 20.7. The number of hydrogen-bond donors (Lipinski definition) is 2. The van der Waals surface area contributed by atoms with Crippen molar-refractivity contribution in [1.82, 2.24) is 9.80 Å². The van der Waals surface area contributed by atoms with E-state index in [0.29, 0.717) is 19.6 Å². The Labute approximate surface area is 158 Å². The number of carbonyl (C=O) groups is 1. The molecule has 0 aliphatic carbocycles. The van der Waals surface area contributed by atoms with Gasteiger partial charge in [-0.3, -0.25) is 0 Å². The molecular formula is C21H35N3O2. The van der Waals surface area contributed by atoms with E-state index in [4.69, 9.17) is 0 Å². The van der Waals surface area contributed by atoms with E-state index in [9.17, 15) is 9.90 Å². The zero-order chi connectivity index (χ0) is 19.3. The van der Waals surface area contributed by atoms with Gasteiger partial charge in [-0.15, -0.1) is 0 Å². The second kappa shape index (κ2) is 8.87. The van der Waals surface area contributed by atoms with E-state index < -0.39 is 5.60 Å². The number of anilines is 1. The summed E-state index contributed by atoms with van der Waals surface area (Å²) in [5, 5.41) is 14.0. The molecule has 2 amide bonds. The van der Waals surface area contributed by atoms with Crippen LogP contribution in [0.15, 0.2) is 12.1 Å². The molecule has 146 valence electrons. The summed E-state index contributed by atoms with van der Waals surface area (Å²) in [5.74, 6) is 0. The topological polar surface area (TPSA) is 55.8 Å². The molecule has 1 aliphatic heterocycles. The van der Waals surface area contributed by atoms with Gasteiger partial charge in [0.15, 0.2) is 0 Å².